The van der Waals surface area contributed by atoms with Crippen LogP contribution in [0, 0.1) is 0 Å². The minimum atomic E-state index is -3.56. The molecule has 2 N–H and O–H groups in total. The number of hydrogen-bond acceptors (Lipinski definition) is 2. The van der Waals surface area contributed by atoms with Gasteiger partial charge in [-0.25, -0.2) is 13.6 Å². The zero-order chi connectivity index (χ0) is 9.19. The molecule has 0 fully saturated rings. The van der Waals surface area contributed by atoms with Gasteiger partial charge in [0.1, 0.15) is 0 Å². The molecule has 1 aromatic carbocycles. The summed E-state index contributed by atoms with van der Waals surface area (Å²) in [5, 5.41) is 4.89. The first-order chi connectivity index (χ1) is 5.54. The number of hydrogen-bond donors (Lipinski definition) is 1. The van der Waals surface area contributed by atoms with Gasteiger partial charge in [-0.05, 0) is 17.7 Å². The molecule has 5 heteroatoms. The summed E-state index contributed by atoms with van der Waals surface area (Å²) in [6, 6.07) is 6.19. The van der Waals surface area contributed by atoms with Crippen molar-refractivity contribution < 1.29 is 61.2 Å². The van der Waals surface area contributed by atoms with E-state index in [0.717, 1.165) is 5.56 Å². The van der Waals surface area contributed by atoms with Gasteiger partial charge in [0.05, 0.1) is 4.90 Å². The summed E-state index contributed by atoms with van der Waals surface area (Å²) >= 11 is 0. The molecule has 0 atom stereocenters. The second-order valence-electron chi connectivity index (χ2n) is 2.32. The van der Waals surface area contributed by atoms with E-state index >= 15 is 0 Å². The quantitative estimate of drug-likeness (QED) is 0.595. The first-order valence-electron chi connectivity index (χ1n) is 3.29. The Kier molecular flexibility index (Phi) is 5.61. The molecule has 1 rings (SSSR count). The van der Waals surface area contributed by atoms with Gasteiger partial charge in [-0.15, -0.1) is 0 Å². The molecular weight excluding hydrogens is 213 g/mol. The molecule has 1 aromatic rings. The van der Waals surface area contributed by atoms with Gasteiger partial charge in [0, 0.05) is 0 Å². The van der Waals surface area contributed by atoms with Gasteiger partial charge in [-0.1, -0.05) is 24.8 Å². The molecule has 0 aromatic heterocycles. The molecule has 13 heavy (non-hydrogen) atoms. The third-order valence-electron chi connectivity index (χ3n) is 1.44. The first-order valence-corrected chi connectivity index (χ1v) is 4.84. The van der Waals surface area contributed by atoms with E-state index in [9.17, 15) is 8.42 Å². The maximum Gasteiger partial charge on any atom is 1.00 e. The SMILES string of the molecule is C=Cc1ccc(S(N)(=O)=O)cc1.[H-].[K+]. The minimum absolute atomic E-state index is 0. The molecule has 0 heterocycles. The molecule has 0 unspecified atom stereocenters. The Morgan fingerprint density at radius 2 is 1.77 bits per heavy atom. The summed E-state index contributed by atoms with van der Waals surface area (Å²) in [5.74, 6) is 0. The summed E-state index contributed by atoms with van der Waals surface area (Å²) in [4.78, 5) is 0.119. The van der Waals surface area contributed by atoms with E-state index in [1.807, 2.05) is 0 Å². The van der Waals surface area contributed by atoms with Gasteiger partial charge >= 0.3 is 51.4 Å². The average Bonchev–Trinajstić information content (AvgIpc) is 2.03. The van der Waals surface area contributed by atoms with Crippen molar-refractivity contribution in [3.63, 3.8) is 0 Å². The van der Waals surface area contributed by atoms with Crippen LogP contribution < -0.4 is 56.5 Å². The Hall–Kier alpha value is 0.506. The Bertz CT molecular complexity index is 388. The standard InChI is InChI=1S/C8H9NO2S.K.H/c1-2-7-3-5-8(6-4-7)12(9,10)11;;/h2-6H,1H2,(H2,9,10,11);;/q;+1;-1. The number of benzene rings is 1. The number of sulfonamides is 1. The predicted octanol–water partition coefficient (Wildman–Crippen LogP) is -1.91. The fourth-order valence-electron chi connectivity index (χ4n) is 0.794. The Balaban J connectivity index is 0. The van der Waals surface area contributed by atoms with Crippen molar-refractivity contribution in [2.24, 2.45) is 5.14 Å². The van der Waals surface area contributed by atoms with E-state index < -0.39 is 10.0 Å². The molecule has 66 valence electrons. The predicted molar refractivity (Wildman–Crippen MR) is 49.0 cm³/mol. The first kappa shape index (κ1) is 13.5. The van der Waals surface area contributed by atoms with E-state index in [4.69, 9.17) is 5.14 Å². The molecular formula is C8H10KNO2S. The number of rotatable bonds is 2. The van der Waals surface area contributed by atoms with Crippen molar-refractivity contribution in [1.82, 2.24) is 0 Å². The van der Waals surface area contributed by atoms with Gasteiger partial charge in [0.25, 0.3) is 0 Å². The topological polar surface area (TPSA) is 60.2 Å². The van der Waals surface area contributed by atoms with Crippen LogP contribution >= 0.6 is 0 Å². The third-order valence-corrected chi connectivity index (χ3v) is 2.37. The molecule has 0 aliphatic carbocycles. The fraction of sp³-hybridized carbons (Fsp3) is 0. The van der Waals surface area contributed by atoms with Crippen LogP contribution in [0.3, 0.4) is 0 Å². The molecule has 0 aliphatic rings. The summed E-state index contributed by atoms with van der Waals surface area (Å²) < 4.78 is 21.6. The smallest absolute Gasteiger partial charge is 1.00 e. The molecule has 3 nitrogen and oxygen atoms in total. The number of nitrogens with two attached hydrogens (primary N) is 1. The molecule has 0 spiro atoms. The maximum absolute atomic E-state index is 10.8. The van der Waals surface area contributed by atoms with Gasteiger partial charge in [0.15, 0.2) is 0 Å². The van der Waals surface area contributed by atoms with Crippen LogP contribution in [0.5, 0.6) is 0 Å². The van der Waals surface area contributed by atoms with Crippen LogP contribution in [0.25, 0.3) is 6.08 Å². The van der Waals surface area contributed by atoms with E-state index in [0.29, 0.717) is 0 Å². The minimum Gasteiger partial charge on any atom is -1.00 e. The van der Waals surface area contributed by atoms with E-state index in [2.05, 4.69) is 6.58 Å². The third kappa shape index (κ3) is 4.03. The second kappa shape index (κ2) is 5.40. The summed E-state index contributed by atoms with van der Waals surface area (Å²) in [6.07, 6.45) is 1.63. The van der Waals surface area contributed by atoms with Crippen molar-refractivity contribution in [2.75, 3.05) is 0 Å². The fourth-order valence-corrected chi connectivity index (χ4v) is 1.31. The second-order valence-corrected chi connectivity index (χ2v) is 3.88. The van der Waals surface area contributed by atoms with Crippen LogP contribution in [-0.2, 0) is 10.0 Å². The molecule has 0 saturated heterocycles. The van der Waals surface area contributed by atoms with Crippen molar-refractivity contribution in [1.29, 1.82) is 0 Å². The van der Waals surface area contributed by atoms with Crippen LogP contribution in [0.4, 0.5) is 0 Å². The monoisotopic (exact) mass is 223 g/mol. The van der Waals surface area contributed by atoms with Gasteiger partial charge in [0.2, 0.25) is 10.0 Å². The van der Waals surface area contributed by atoms with Crippen molar-refractivity contribution in [3.8, 4) is 0 Å². The molecule has 0 saturated carbocycles. The van der Waals surface area contributed by atoms with E-state index in [-0.39, 0.29) is 57.7 Å². The summed E-state index contributed by atoms with van der Waals surface area (Å²) in [6.45, 7) is 3.54. The molecule has 0 bridgehead atoms. The Labute approximate surface area is 122 Å². The van der Waals surface area contributed by atoms with Crippen molar-refractivity contribution in [3.05, 3.63) is 36.4 Å². The molecule has 0 radical (unpaired) electrons. The maximum atomic E-state index is 10.8. The average molecular weight is 223 g/mol. The van der Waals surface area contributed by atoms with Crippen molar-refractivity contribution >= 4 is 16.1 Å². The summed E-state index contributed by atoms with van der Waals surface area (Å²) in [5.41, 5.74) is 0.863. The largest absolute Gasteiger partial charge is 1.00 e. The van der Waals surface area contributed by atoms with Gasteiger partial charge in [-0.3, -0.25) is 0 Å². The number of primary sulfonamides is 1. The Morgan fingerprint density at radius 1 is 1.31 bits per heavy atom. The zero-order valence-corrected chi connectivity index (χ0v) is 11.3. The summed E-state index contributed by atoms with van der Waals surface area (Å²) in [7, 11) is -3.56. The van der Waals surface area contributed by atoms with Gasteiger partial charge < -0.3 is 1.43 Å². The van der Waals surface area contributed by atoms with E-state index in [1.54, 1.807) is 18.2 Å². The van der Waals surface area contributed by atoms with Crippen LogP contribution in [0.15, 0.2) is 35.7 Å². The van der Waals surface area contributed by atoms with Gasteiger partial charge in [-0.2, -0.15) is 0 Å². The van der Waals surface area contributed by atoms with Crippen LogP contribution in [0.2, 0.25) is 0 Å². The van der Waals surface area contributed by atoms with E-state index in [1.165, 1.54) is 12.1 Å². The van der Waals surface area contributed by atoms with Crippen molar-refractivity contribution in [2.45, 2.75) is 4.90 Å². The van der Waals surface area contributed by atoms with Crippen LogP contribution in [-0.4, -0.2) is 8.42 Å². The molecule has 0 aliphatic heterocycles. The molecule has 0 amide bonds. The Morgan fingerprint density at radius 3 is 2.08 bits per heavy atom. The normalized spacial score (nSPS) is 10.2. The van der Waals surface area contributed by atoms with Crippen LogP contribution in [0.1, 0.15) is 6.99 Å². The zero-order valence-electron chi connectivity index (χ0n) is 8.40.